The molecule has 2 spiro atoms. The molecule has 1 amide bonds. The van der Waals surface area contributed by atoms with Crippen molar-refractivity contribution in [3.05, 3.63) is 156 Å². The molecule has 18 heteroatoms. The number of fused-ring (bicyclic) bond motifs is 8. The number of benzene rings is 4. The Morgan fingerprint density at radius 3 is 1.68 bits per heavy atom. The first kappa shape index (κ1) is 46.2. The van der Waals surface area contributed by atoms with Crippen molar-refractivity contribution < 1.29 is 55.3 Å². The fourth-order valence-corrected chi connectivity index (χ4v) is 10.1. The number of carbonyl (C=O) groups excluding carboxylic acids is 1. The number of rotatable bonds is 5. The van der Waals surface area contributed by atoms with Crippen molar-refractivity contribution in [3.8, 4) is 22.9 Å². The molecule has 0 unspecified atom stereocenters. The number of nitrogens with one attached hydrogen (secondary N) is 1. The molecule has 348 valence electrons. The third kappa shape index (κ3) is 9.36. The summed E-state index contributed by atoms with van der Waals surface area (Å²) in [6.07, 6.45) is 8.34. The van der Waals surface area contributed by atoms with Gasteiger partial charge in [0.25, 0.3) is 16.0 Å². The van der Waals surface area contributed by atoms with E-state index in [-0.39, 0.29) is 22.6 Å². The number of halogens is 2. The highest BCUT2D eigenvalue weighted by Crippen LogP contribution is 2.46. The predicted molar refractivity (Wildman–Crippen MR) is 242 cm³/mol. The molecule has 4 aromatic carbocycles. The zero-order valence-corrected chi connectivity index (χ0v) is 38.1. The summed E-state index contributed by atoms with van der Waals surface area (Å²) >= 11 is 0. The van der Waals surface area contributed by atoms with Gasteiger partial charge in [0.1, 0.15) is 32.9 Å². The number of hydrogen-bond donors (Lipinski definition) is 2. The summed E-state index contributed by atoms with van der Waals surface area (Å²) in [4.78, 5) is 24.0. The Balaban J connectivity index is 0.000000157. The lowest BCUT2D eigenvalue weighted by atomic mass is 9.86. The summed E-state index contributed by atoms with van der Waals surface area (Å²) in [5.41, 5.74) is 3.66. The molecule has 2 saturated heterocycles. The van der Waals surface area contributed by atoms with Crippen molar-refractivity contribution in [1.82, 2.24) is 19.4 Å². The molecule has 6 heterocycles. The van der Waals surface area contributed by atoms with Crippen molar-refractivity contribution in [3.63, 3.8) is 0 Å². The van der Waals surface area contributed by atoms with E-state index in [1.54, 1.807) is 11.8 Å². The zero-order chi connectivity index (χ0) is 48.1. The zero-order valence-electron chi connectivity index (χ0n) is 37.4. The van der Waals surface area contributed by atoms with Gasteiger partial charge >= 0.3 is 5.97 Å². The fraction of sp³-hybridized carbons (Fsp3) is 0.292. The summed E-state index contributed by atoms with van der Waals surface area (Å²) in [7, 11) is -7.13. The van der Waals surface area contributed by atoms with Crippen molar-refractivity contribution in [1.29, 1.82) is 0 Å². The van der Waals surface area contributed by atoms with E-state index in [2.05, 4.69) is 55.2 Å². The van der Waals surface area contributed by atoms with Crippen LogP contribution in [-0.2, 0) is 35.3 Å². The Morgan fingerprint density at radius 1 is 0.712 bits per heavy atom. The molecule has 2 N–H and O–H groups in total. The number of carbonyl (C=O) groups is 2. The molecule has 2 fully saturated rings. The van der Waals surface area contributed by atoms with Gasteiger partial charge in [-0.05, 0) is 98.0 Å². The molecule has 10 rings (SSSR count). The van der Waals surface area contributed by atoms with Crippen LogP contribution in [0.15, 0.2) is 131 Å². The van der Waals surface area contributed by atoms with Crippen molar-refractivity contribution >= 4 is 31.8 Å². The number of aromatic nitrogens is 2. The van der Waals surface area contributed by atoms with Gasteiger partial charge < -0.3 is 33.9 Å². The predicted octanol–water partition coefficient (Wildman–Crippen LogP) is 7.88. The van der Waals surface area contributed by atoms with Gasteiger partial charge in [-0.1, -0.05) is 38.1 Å². The average Bonchev–Trinajstić information content (AvgIpc) is 4.03. The largest absolute Gasteiger partial charge is 0.479 e. The van der Waals surface area contributed by atoms with Crippen LogP contribution in [0.5, 0.6) is 11.5 Å². The van der Waals surface area contributed by atoms with Crippen LogP contribution in [0.2, 0.25) is 0 Å². The standard InChI is InChI=1S/C23H21FN2O4S.C15H16N2O.C8H7FO5S.C2H6/c1-31(28,29)20-15-16(8-9-17(20)24)22(27)25-13-10-23(11-14-25)21-7-4-12-26(21)18-5-2-3-6-19(18)30-23;1-2-5-13-12(4-1)17-11-3-6-14(17)15(18-13)7-9-16-10-8-15;1-14-15(12,13)7-4-5(8(10)11)2-3-6(7)9;1-2/h2-9,12,15H,10-11,13-14H2,1H3;1-6,11,16H,7-10H2;2-4H,1H3,(H,10,11);1-2H3/i;;;1D. The number of carboxylic acid groups (broad SMARTS) is 1. The molecule has 0 aliphatic carbocycles. The third-order valence-corrected chi connectivity index (χ3v) is 14.2. The molecule has 14 nitrogen and oxygen atoms in total. The second-order valence-corrected chi connectivity index (χ2v) is 19.4. The lowest BCUT2D eigenvalue weighted by Gasteiger charge is -2.45. The Kier molecular flexibility index (Phi) is 13.5. The van der Waals surface area contributed by atoms with E-state index in [9.17, 15) is 35.2 Å². The third-order valence-electron chi connectivity index (χ3n) is 11.8. The number of piperidine rings is 2. The van der Waals surface area contributed by atoms with E-state index in [1.807, 2.05) is 48.7 Å². The molecular formula is C48H50F2N4O10S2. The summed E-state index contributed by atoms with van der Waals surface area (Å²) in [6.45, 7) is 5.22. The van der Waals surface area contributed by atoms with E-state index in [4.69, 9.17) is 16.0 Å². The fourth-order valence-electron chi connectivity index (χ4n) is 8.57. The van der Waals surface area contributed by atoms with E-state index in [0.717, 1.165) is 92.1 Å². The van der Waals surface area contributed by atoms with Gasteiger partial charge in [0.2, 0.25) is 0 Å². The molecule has 4 aliphatic heterocycles. The van der Waals surface area contributed by atoms with Crippen LogP contribution in [0.1, 0.15) is 73.0 Å². The average molecular weight is 946 g/mol. The maximum atomic E-state index is 13.9. The van der Waals surface area contributed by atoms with E-state index >= 15 is 0 Å². The van der Waals surface area contributed by atoms with Gasteiger partial charge in [-0.3, -0.25) is 8.98 Å². The second kappa shape index (κ2) is 19.2. The molecule has 66 heavy (non-hydrogen) atoms. The minimum atomic E-state index is -4.22. The van der Waals surface area contributed by atoms with Crippen molar-refractivity contribution in [2.24, 2.45) is 0 Å². The highest BCUT2D eigenvalue weighted by Gasteiger charge is 2.45. The number of amides is 1. The lowest BCUT2D eigenvalue weighted by molar-refractivity contribution is -0.00933. The maximum Gasteiger partial charge on any atom is 0.335 e. The first-order valence-electron chi connectivity index (χ1n) is 21.7. The number of aromatic carboxylic acids is 1. The van der Waals surface area contributed by atoms with Crippen LogP contribution in [0.4, 0.5) is 8.78 Å². The summed E-state index contributed by atoms with van der Waals surface area (Å²) < 4.78 is 100. The van der Waals surface area contributed by atoms with Crippen LogP contribution in [0, 0.1) is 11.6 Å². The monoisotopic (exact) mass is 945 g/mol. The minimum absolute atomic E-state index is 0.136. The lowest BCUT2D eigenvalue weighted by Crippen LogP contribution is -2.50. The Hall–Kier alpha value is -6.34. The molecule has 4 aliphatic rings. The van der Waals surface area contributed by atoms with Gasteiger partial charge in [-0.15, -0.1) is 0 Å². The van der Waals surface area contributed by atoms with Crippen LogP contribution >= 0.6 is 0 Å². The first-order chi connectivity index (χ1) is 32.0. The van der Waals surface area contributed by atoms with Gasteiger partial charge in [-0.25, -0.2) is 22.0 Å². The number of likely N-dealkylation sites (tertiary alicyclic amines) is 1. The van der Waals surface area contributed by atoms with Gasteiger partial charge in [0.15, 0.2) is 21.0 Å². The number of hydrogen-bond acceptors (Lipinski definition) is 10. The first-order valence-corrected chi connectivity index (χ1v) is 24.3. The highest BCUT2D eigenvalue weighted by atomic mass is 32.2. The van der Waals surface area contributed by atoms with E-state index in [1.165, 1.54) is 11.8 Å². The van der Waals surface area contributed by atoms with Crippen LogP contribution in [0.3, 0.4) is 0 Å². The molecule has 6 aromatic rings. The van der Waals surface area contributed by atoms with Crippen molar-refractivity contribution in [2.75, 3.05) is 39.5 Å². The van der Waals surface area contributed by atoms with Crippen LogP contribution in [0.25, 0.3) is 11.4 Å². The van der Waals surface area contributed by atoms with Gasteiger partial charge in [0.05, 0.1) is 35.4 Å². The second-order valence-electron chi connectivity index (χ2n) is 15.7. The van der Waals surface area contributed by atoms with E-state index in [0.29, 0.717) is 38.9 Å². The number of nitrogens with zero attached hydrogens (tertiary/aromatic N) is 3. The number of para-hydroxylation sites is 4. The molecule has 0 bridgehead atoms. The summed E-state index contributed by atoms with van der Waals surface area (Å²) in [5, 5.41) is 12.0. The normalized spacial score (nSPS) is 16.3. The molecule has 0 saturated carbocycles. The minimum Gasteiger partial charge on any atom is -0.479 e. The van der Waals surface area contributed by atoms with Crippen molar-refractivity contribution in [2.45, 2.75) is 60.5 Å². The van der Waals surface area contributed by atoms with Gasteiger partial charge in [0, 0.05) is 64.4 Å². The smallest absolute Gasteiger partial charge is 0.335 e. The van der Waals surface area contributed by atoms with Crippen LogP contribution in [-0.4, -0.2) is 87.4 Å². The Labute approximate surface area is 383 Å². The Bertz CT molecular complexity index is 3000. The molecular weight excluding hydrogens is 895 g/mol. The number of carboxylic acids is 1. The van der Waals surface area contributed by atoms with Crippen LogP contribution < -0.4 is 14.8 Å². The highest BCUT2D eigenvalue weighted by molar-refractivity contribution is 7.90. The maximum absolute atomic E-state index is 13.9. The summed E-state index contributed by atoms with van der Waals surface area (Å²) in [6, 6.07) is 30.4. The topological polar surface area (TPSA) is 175 Å². The molecule has 0 atom stereocenters. The molecule has 2 aromatic heterocycles. The quantitative estimate of drug-likeness (QED) is 0.161. The summed E-state index contributed by atoms with van der Waals surface area (Å²) in [5.74, 6) is -1.76. The number of ether oxygens (including phenoxy) is 2. The number of sulfone groups is 1. The Morgan fingerprint density at radius 2 is 1.18 bits per heavy atom. The van der Waals surface area contributed by atoms with Gasteiger partial charge in [-0.2, -0.15) is 8.42 Å². The SMILES string of the molecule is COS(=O)(=O)c1cc(C(=O)O)ccc1F.CS(=O)(=O)c1cc(C(=O)N2CCC3(CC2)Oc2ccccc2-n2cccc23)ccc1F.[2H]CC.c1ccc2c(c1)OC1(CCNCC1)c1cccn1-2. The van der Waals surface area contributed by atoms with E-state index < -0.39 is 53.0 Å². The molecule has 0 radical (unpaired) electrons.